The number of fused-ring (bicyclic) bond motifs is 1. The average molecular weight is 445 g/mol. The molecule has 8 nitrogen and oxygen atoms in total. The highest BCUT2D eigenvalue weighted by molar-refractivity contribution is 5.72. The van der Waals surface area contributed by atoms with Crippen molar-refractivity contribution < 1.29 is 9.13 Å². The Hall–Kier alpha value is -4.03. The Morgan fingerprint density at radius 3 is 2.67 bits per heavy atom. The van der Waals surface area contributed by atoms with Crippen molar-refractivity contribution in [3.8, 4) is 11.8 Å². The van der Waals surface area contributed by atoms with E-state index in [1.165, 1.54) is 35.2 Å². The van der Waals surface area contributed by atoms with Gasteiger partial charge in [0.15, 0.2) is 11.2 Å². The first-order valence-corrected chi connectivity index (χ1v) is 10.6. The minimum absolute atomic E-state index is 0.120. The Labute approximate surface area is 187 Å². The molecule has 0 N–H and O–H groups in total. The molecule has 9 heteroatoms. The quantitative estimate of drug-likeness (QED) is 0.471. The molecule has 5 rings (SSSR count). The zero-order chi connectivity index (χ0) is 22.9. The molecule has 0 aliphatic carbocycles. The Morgan fingerprint density at radius 1 is 1.15 bits per heavy atom. The first-order valence-electron chi connectivity index (χ1n) is 10.6. The van der Waals surface area contributed by atoms with Gasteiger partial charge in [0, 0.05) is 6.61 Å². The van der Waals surface area contributed by atoms with Crippen molar-refractivity contribution in [3.05, 3.63) is 92.6 Å². The van der Waals surface area contributed by atoms with E-state index in [-0.39, 0.29) is 30.4 Å². The van der Waals surface area contributed by atoms with Crippen molar-refractivity contribution >= 4 is 11.2 Å². The van der Waals surface area contributed by atoms with Crippen LogP contribution in [0.3, 0.4) is 0 Å². The van der Waals surface area contributed by atoms with Gasteiger partial charge in [-0.15, -0.1) is 0 Å². The number of benzene rings is 2. The van der Waals surface area contributed by atoms with Gasteiger partial charge in [-0.2, -0.15) is 5.26 Å². The topological polar surface area (TPSA) is 94.8 Å². The van der Waals surface area contributed by atoms with Gasteiger partial charge in [-0.1, -0.05) is 18.2 Å². The van der Waals surface area contributed by atoms with Crippen LogP contribution in [-0.2, 0) is 17.8 Å². The summed E-state index contributed by atoms with van der Waals surface area (Å²) < 4.78 is 23.3. The van der Waals surface area contributed by atoms with Crippen LogP contribution in [0.5, 0.6) is 0 Å². The molecule has 1 fully saturated rings. The Balaban J connectivity index is 1.73. The number of rotatable bonds is 5. The minimum Gasteiger partial charge on any atom is -0.376 e. The predicted molar refractivity (Wildman–Crippen MR) is 119 cm³/mol. The molecule has 1 aliphatic heterocycles. The van der Waals surface area contributed by atoms with Gasteiger partial charge in [-0.25, -0.2) is 18.7 Å². The molecule has 33 heavy (non-hydrogen) atoms. The fourth-order valence-corrected chi connectivity index (χ4v) is 4.23. The van der Waals surface area contributed by atoms with Gasteiger partial charge >= 0.3 is 5.69 Å². The molecule has 0 saturated carbocycles. The van der Waals surface area contributed by atoms with Gasteiger partial charge in [0.1, 0.15) is 5.82 Å². The lowest BCUT2D eigenvalue weighted by Crippen LogP contribution is -2.42. The number of hydrogen-bond donors (Lipinski definition) is 0. The van der Waals surface area contributed by atoms with E-state index in [0.29, 0.717) is 17.9 Å². The smallest absolute Gasteiger partial charge is 0.337 e. The van der Waals surface area contributed by atoms with Crippen molar-refractivity contribution in [1.82, 2.24) is 18.7 Å². The first-order chi connectivity index (χ1) is 16.1. The molecule has 1 atom stereocenters. The predicted octanol–water partition coefficient (Wildman–Crippen LogP) is 2.59. The van der Waals surface area contributed by atoms with E-state index in [0.717, 1.165) is 23.0 Å². The van der Waals surface area contributed by atoms with E-state index in [2.05, 4.69) is 11.1 Å². The second-order valence-electron chi connectivity index (χ2n) is 7.96. The molecular weight excluding hydrogens is 425 g/mol. The van der Waals surface area contributed by atoms with Gasteiger partial charge in [0.25, 0.3) is 5.56 Å². The average Bonchev–Trinajstić information content (AvgIpc) is 3.49. The van der Waals surface area contributed by atoms with Crippen LogP contribution in [0.15, 0.2) is 64.4 Å². The van der Waals surface area contributed by atoms with Crippen LogP contribution in [0.25, 0.3) is 16.9 Å². The zero-order valence-electron chi connectivity index (χ0n) is 17.6. The summed E-state index contributed by atoms with van der Waals surface area (Å²) in [4.78, 5) is 31.3. The second kappa shape index (κ2) is 8.48. The molecule has 1 aliphatic rings. The fraction of sp³-hybridized carbons (Fsp3) is 0.250. The lowest BCUT2D eigenvalue weighted by atomic mass is 10.1. The molecule has 1 saturated heterocycles. The summed E-state index contributed by atoms with van der Waals surface area (Å²) in [6.07, 6.45) is 2.88. The number of imidazole rings is 1. The standard InChI is InChI=1S/C24H20FN5O3/c25-18-7-9-19(10-8-18)30-22-21(23(31)29(24(30)32)14-20-6-3-11-33-20)28(15-27-22)13-17-5-2-1-4-16(17)12-26/h1-2,4-5,7-10,15,20H,3,6,11,13-14H2. The van der Waals surface area contributed by atoms with Crippen LogP contribution in [0.1, 0.15) is 24.0 Å². The lowest BCUT2D eigenvalue weighted by molar-refractivity contribution is 0.0950. The SMILES string of the molecule is N#Cc1ccccc1Cn1cnc2c1c(=O)n(CC1CCCO1)c(=O)n2-c1ccc(F)cc1. The van der Waals surface area contributed by atoms with E-state index >= 15 is 0 Å². The summed E-state index contributed by atoms with van der Waals surface area (Å²) in [5.74, 6) is -0.436. The van der Waals surface area contributed by atoms with E-state index in [1.54, 1.807) is 16.7 Å². The summed E-state index contributed by atoms with van der Waals surface area (Å²) in [5, 5.41) is 9.44. The van der Waals surface area contributed by atoms with Crippen molar-refractivity contribution in [2.45, 2.75) is 32.0 Å². The van der Waals surface area contributed by atoms with E-state index in [4.69, 9.17) is 4.74 Å². The van der Waals surface area contributed by atoms with Gasteiger partial charge < -0.3 is 9.30 Å². The number of halogens is 1. The third-order valence-corrected chi connectivity index (χ3v) is 5.87. The number of nitriles is 1. The highest BCUT2D eigenvalue weighted by Crippen LogP contribution is 2.18. The molecule has 0 bridgehead atoms. The van der Waals surface area contributed by atoms with Crippen LogP contribution in [0.4, 0.5) is 4.39 Å². The van der Waals surface area contributed by atoms with Crippen LogP contribution < -0.4 is 11.2 Å². The summed E-state index contributed by atoms with van der Waals surface area (Å²) >= 11 is 0. The summed E-state index contributed by atoms with van der Waals surface area (Å²) in [6, 6.07) is 14.7. The van der Waals surface area contributed by atoms with Crippen LogP contribution >= 0.6 is 0 Å². The number of hydrogen-bond acceptors (Lipinski definition) is 5. The third-order valence-electron chi connectivity index (χ3n) is 5.87. The lowest BCUT2D eigenvalue weighted by Gasteiger charge is -2.15. The maximum Gasteiger partial charge on any atom is 0.337 e. The van der Waals surface area contributed by atoms with Crippen molar-refractivity contribution in [1.29, 1.82) is 5.26 Å². The monoisotopic (exact) mass is 445 g/mol. The van der Waals surface area contributed by atoms with E-state index in [1.807, 2.05) is 12.1 Å². The molecule has 2 aromatic carbocycles. The Morgan fingerprint density at radius 2 is 1.94 bits per heavy atom. The molecule has 166 valence electrons. The molecule has 0 amide bonds. The van der Waals surface area contributed by atoms with Gasteiger partial charge in [-0.3, -0.25) is 9.36 Å². The summed E-state index contributed by atoms with van der Waals surface area (Å²) in [7, 11) is 0. The second-order valence-corrected chi connectivity index (χ2v) is 7.96. The normalized spacial score (nSPS) is 15.7. The highest BCUT2D eigenvalue weighted by atomic mass is 19.1. The van der Waals surface area contributed by atoms with Gasteiger partial charge in [0.05, 0.1) is 42.8 Å². The number of aromatic nitrogens is 4. The Bertz CT molecular complexity index is 1490. The maximum absolute atomic E-state index is 13.5. The number of ether oxygens (including phenoxy) is 1. The molecule has 4 aromatic rings. The van der Waals surface area contributed by atoms with Crippen molar-refractivity contribution in [3.63, 3.8) is 0 Å². The molecule has 0 spiro atoms. The molecular formula is C24H20FN5O3. The maximum atomic E-state index is 13.5. The van der Waals surface area contributed by atoms with Gasteiger partial charge in [-0.05, 0) is 48.7 Å². The van der Waals surface area contributed by atoms with Crippen molar-refractivity contribution in [2.24, 2.45) is 0 Å². The fourth-order valence-electron chi connectivity index (χ4n) is 4.23. The largest absolute Gasteiger partial charge is 0.376 e. The van der Waals surface area contributed by atoms with Crippen LogP contribution in [0, 0.1) is 17.1 Å². The van der Waals surface area contributed by atoms with Gasteiger partial charge in [0.2, 0.25) is 0 Å². The molecule has 1 unspecified atom stereocenters. The third kappa shape index (κ3) is 3.75. The molecule has 3 heterocycles. The highest BCUT2D eigenvalue weighted by Gasteiger charge is 2.23. The van der Waals surface area contributed by atoms with Crippen LogP contribution in [-0.4, -0.2) is 31.4 Å². The Kier molecular flexibility index (Phi) is 5.36. The number of nitrogens with zero attached hydrogens (tertiary/aromatic N) is 5. The van der Waals surface area contributed by atoms with Crippen LogP contribution in [0.2, 0.25) is 0 Å². The summed E-state index contributed by atoms with van der Waals surface area (Å²) in [5.41, 5.74) is 0.984. The summed E-state index contributed by atoms with van der Waals surface area (Å²) in [6.45, 7) is 0.947. The molecule has 0 radical (unpaired) electrons. The first kappa shape index (κ1) is 20.8. The van der Waals surface area contributed by atoms with E-state index in [9.17, 15) is 19.2 Å². The van der Waals surface area contributed by atoms with E-state index < -0.39 is 17.1 Å². The minimum atomic E-state index is -0.558. The molecule has 2 aromatic heterocycles. The van der Waals surface area contributed by atoms with Crippen molar-refractivity contribution in [2.75, 3.05) is 6.61 Å². The zero-order valence-corrected chi connectivity index (χ0v) is 17.6.